The molecule has 1 aliphatic heterocycles. The van der Waals surface area contributed by atoms with Crippen LogP contribution in [0, 0.1) is 5.82 Å². The van der Waals surface area contributed by atoms with Crippen LogP contribution in [-0.2, 0) is 0 Å². The molecule has 2 unspecified atom stereocenters. The van der Waals surface area contributed by atoms with Crippen LogP contribution in [-0.4, -0.2) is 53.0 Å². The van der Waals surface area contributed by atoms with Crippen LogP contribution in [0.5, 0.6) is 11.5 Å². The van der Waals surface area contributed by atoms with Gasteiger partial charge in [-0.05, 0) is 0 Å². The number of halogens is 2. The Kier molecular flexibility index (Phi) is 4.30. The van der Waals surface area contributed by atoms with Gasteiger partial charge in [-0.3, -0.25) is 4.79 Å². The third-order valence-corrected chi connectivity index (χ3v) is 4.87. The molecule has 0 spiro atoms. The molecule has 0 radical (unpaired) electrons. The molecular formula is C19H18F2N6O3. The fourth-order valence-electron chi connectivity index (χ4n) is 3.28. The van der Waals surface area contributed by atoms with Crippen LogP contribution in [0.1, 0.15) is 16.8 Å². The second-order valence-electron chi connectivity index (χ2n) is 7.00. The Morgan fingerprint density at radius 2 is 2.07 bits per heavy atom. The second kappa shape index (κ2) is 7.01. The first-order valence-corrected chi connectivity index (χ1v) is 9.41. The van der Waals surface area contributed by atoms with Crippen LogP contribution < -0.4 is 25.4 Å². The monoisotopic (exact) mass is 416 g/mol. The van der Waals surface area contributed by atoms with Crippen LogP contribution in [0.25, 0.3) is 5.65 Å². The molecule has 1 fully saturated rings. The van der Waals surface area contributed by atoms with E-state index in [1.807, 2.05) is 0 Å². The molecule has 1 amide bonds. The van der Waals surface area contributed by atoms with Crippen LogP contribution in [0.15, 0.2) is 24.4 Å². The molecule has 3 heterocycles. The van der Waals surface area contributed by atoms with Gasteiger partial charge in [-0.1, -0.05) is 0 Å². The molecule has 1 aromatic carbocycles. The Morgan fingerprint density at radius 3 is 2.83 bits per heavy atom. The molecule has 0 saturated heterocycles. The standard InChI is InChI=1S/C19H18F2N6O3/c1-22-16-7-15(24-13-4-9(20)5-14-17(13)30-3-2-29-14)26-18-10(8-23-27(16)18)19(28)25-12-6-11(12)21/h4-5,7-8,11-12,22H,2-3,6H2,1H3,(H,24,26)(H,25,28). The van der Waals surface area contributed by atoms with Crippen LogP contribution >= 0.6 is 0 Å². The maximum absolute atomic E-state index is 14.0. The molecule has 3 N–H and O–H groups in total. The molecule has 156 valence electrons. The number of aromatic nitrogens is 3. The van der Waals surface area contributed by atoms with Gasteiger partial charge in [0.25, 0.3) is 5.91 Å². The molecule has 3 aromatic rings. The summed E-state index contributed by atoms with van der Waals surface area (Å²) in [5.74, 6) is 0.600. The predicted molar refractivity (Wildman–Crippen MR) is 104 cm³/mol. The normalized spacial score (nSPS) is 19.4. The van der Waals surface area contributed by atoms with Gasteiger partial charge in [-0.2, -0.15) is 9.61 Å². The van der Waals surface area contributed by atoms with E-state index in [1.165, 1.54) is 22.8 Å². The Bertz CT molecular complexity index is 1150. The number of carbonyl (C=O) groups is 1. The minimum Gasteiger partial charge on any atom is -0.486 e. The van der Waals surface area contributed by atoms with E-state index in [2.05, 4.69) is 26.0 Å². The van der Waals surface area contributed by atoms with E-state index in [1.54, 1.807) is 13.1 Å². The molecule has 1 aliphatic carbocycles. The molecule has 9 nitrogen and oxygen atoms in total. The number of carbonyl (C=O) groups excluding carboxylic acids is 1. The van der Waals surface area contributed by atoms with Crippen molar-refractivity contribution in [1.29, 1.82) is 0 Å². The Labute approximate surface area is 169 Å². The summed E-state index contributed by atoms with van der Waals surface area (Å²) in [4.78, 5) is 17.0. The van der Waals surface area contributed by atoms with Crippen molar-refractivity contribution in [2.45, 2.75) is 18.6 Å². The SMILES string of the molecule is CNc1cc(Nc2cc(F)cc3c2OCCO3)nc2c(C(=O)NC3CC3F)cnn12. The van der Waals surface area contributed by atoms with Gasteiger partial charge >= 0.3 is 0 Å². The number of amides is 1. The topological polar surface area (TPSA) is 102 Å². The van der Waals surface area contributed by atoms with Crippen LogP contribution in [0.3, 0.4) is 0 Å². The zero-order chi connectivity index (χ0) is 20.8. The fourth-order valence-corrected chi connectivity index (χ4v) is 3.28. The van der Waals surface area contributed by atoms with Crippen molar-refractivity contribution in [3.63, 3.8) is 0 Å². The molecule has 5 rings (SSSR count). The van der Waals surface area contributed by atoms with Crippen LogP contribution in [0.4, 0.5) is 26.1 Å². The lowest BCUT2D eigenvalue weighted by molar-refractivity contribution is 0.0949. The largest absolute Gasteiger partial charge is 0.486 e. The maximum atomic E-state index is 14.0. The summed E-state index contributed by atoms with van der Waals surface area (Å²) in [6.45, 7) is 0.671. The summed E-state index contributed by atoms with van der Waals surface area (Å²) < 4.78 is 39.7. The first kappa shape index (κ1) is 18.4. The summed E-state index contributed by atoms with van der Waals surface area (Å²) in [6.07, 6.45) is 0.661. The number of hydrogen-bond donors (Lipinski definition) is 3. The van der Waals surface area contributed by atoms with E-state index in [-0.39, 0.29) is 11.2 Å². The molecular weight excluding hydrogens is 398 g/mol. The number of nitrogens with zero attached hydrogens (tertiary/aromatic N) is 3. The van der Waals surface area contributed by atoms with Crippen molar-refractivity contribution in [2.24, 2.45) is 0 Å². The number of anilines is 3. The third kappa shape index (κ3) is 3.21. The van der Waals surface area contributed by atoms with Crippen molar-refractivity contribution in [2.75, 3.05) is 30.9 Å². The van der Waals surface area contributed by atoms with Gasteiger partial charge in [0.1, 0.15) is 42.4 Å². The number of fused-ring (bicyclic) bond motifs is 2. The van der Waals surface area contributed by atoms with Gasteiger partial charge in [-0.25, -0.2) is 13.8 Å². The molecule has 30 heavy (non-hydrogen) atoms. The Balaban J connectivity index is 1.53. The Morgan fingerprint density at radius 1 is 1.27 bits per heavy atom. The second-order valence-corrected chi connectivity index (χ2v) is 7.00. The highest BCUT2D eigenvalue weighted by Crippen LogP contribution is 2.40. The van der Waals surface area contributed by atoms with Gasteiger partial charge in [0.15, 0.2) is 17.1 Å². The maximum Gasteiger partial charge on any atom is 0.257 e. The highest BCUT2D eigenvalue weighted by Gasteiger charge is 2.39. The highest BCUT2D eigenvalue weighted by atomic mass is 19.1. The van der Waals surface area contributed by atoms with Gasteiger partial charge in [0.2, 0.25) is 0 Å². The van der Waals surface area contributed by atoms with E-state index in [9.17, 15) is 13.6 Å². The molecule has 11 heteroatoms. The molecule has 0 bridgehead atoms. The van der Waals surface area contributed by atoms with Crippen molar-refractivity contribution >= 4 is 28.9 Å². The average Bonchev–Trinajstić information content (AvgIpc) is 3.24. The molecule has 2 atom stereocenters. The summed E-state index contributed by atoms with van der Waals surface area (Å²) in [5.41, 5.74) is 0.808. The zero-order valence-corrected chi connectivity index (χ0v) is 15.9. The van der Waals surface area contributed by atoms with E-state index in [4.69, 9.17) is 9.47 Å². The molecule has 1 saturated carbocycles. The molecule has 2 aliphatic rings. The van der Waals surface area contributed by atoms with Gasteiger partial charge in [-0.15, -0.1) is 0 Å². The highest BCUT2D eigenvalue weighted by molar-refractivity contribution is 6.00. The van der Waals surface area contributed by atoms with Gasteiger partial charge in [0, 0.05) is 31.7 Å². The van der Waals surface area contributed by atoms with Crippen molar-refractivity contribution in [1.82, 2.24) is 19.9 Å². The lowest BCUT2D eigenvalue weighted by atomic mass is 10.2. The van der Waals surface area contributed by atoms with E-state index in [0.717, 1.165) is 0 Å². The third-order valence-electron chi connectivity index (χ3n) is 4.87. The van der Waals surface area contributed by atoms with Crippen LogP contribution in [0.2, 0.25) is 0 Å². The van der Waals surface area contributed by atoms with E-state index in [0.29, 0.717) is 48.5 Å². The number of ether oxygens (including phenoxy) is 2. The zero-order valence-electron chi connectivity index (χ0n) is 15.9. The van der Waals surface area contributed by atoms with Gasteiger partial charge in [0.05, 0.1) is 17.9 Å². The smallest absolute Gasteiger partial charge is 0.257 e. The number of alkyl halides is 1. The molecule has 2 aromatic heterocycles. The summed E-state index contributed by atoms with van der Waals surface area (Å²) in [6, 6.07) is 3.71. The number of rotatable bonds is 5. The quantitative estimate of drug-likeness (QED) is 0.586. The first-order valence-electron chi connectivity index (χ1n) is 9.41. The lowest BCUT2D eigenvalue weighted by Crippen LogP contribution is -2.27. The number of hydrogen-bond acceptors (Lipinski definition) is 7. The van der Waals surface area contributed by atoms with Crippen molar-refractivity contribution < 1.29 is 23.0 Å². The van der Waals surface area contributed by atoms with Gasteiger partial charge < -0.3 is 25.4 Å². The van der Waals surface area contributed by atoms with E-state index < -0.39 is 23.9 Å². The van der Waals surface area contributed by atoms with Crippen molar-refractivity contribution in [3.05, 3.63) is 35.8 Å². The minimum atomic E-state index is -1.02. The summed E-state index contributed by atoms with van der Waals surface area (Å²) in [7, 11) is 1.69. The average molecular weight is 416 g/mol. The fraction of sp³-hybridized carbons (Fsp3) is 0.316. The summed E-state index contributed by atoms with van der Waals surface area (Å²) in [5, 5.41) is 12.8. The first-order chi connectivity index (χ1) is 14.5. The lowest BCUT2D eigenvalue weighted by Gasteiger charge is -2.21. The van der Waals surface area contributed by atoms with Crippen molar-refractivity contribution in [3.8, 4) is 11.5 Å². The number of nitrogens with one attached hydrogen (secondary N) is 3. The van der Waals surface area contributed by atoms with E-state index >= 15 is 0 Å². The Hall–Kier alpha value is -3.63. The minimum absolute atomic E-state index is 0.204. The predicted octanol–water partition coefficient (Wildman–Crippen LogP) is 2.27. The summed E-state index contributed by atoms with van der Waals surface area (Å²) >= 11 is 0. The number of benzene rings is 1.